The van der Waals surface area contributed by atoms with Gasteiger partial charge in [-0.25, -0.2) is 9.37 Å². The Morgan fingerprint density at radius 2 is 1.55 bits per heavy atom. The first-order valence-electron chi connectivity index (χ1n) is 8.74. The first-order valence-corrected chi connectivity index (χ1v) is 9.50. The van der Waals surface area contributed by atoms with E-state index in [4.69, 9.17) is 28.2 Å². The lowest BCUT2D eigenvalue weighted by Gasteiger charge is -2.11. The van der Waals surface area contributed by atoms with Crippen molar-refractivity contribution in [3.8, 4) is 22.4 Å². The maximum Gasteiger partial charge on any atom is 0.259 e. The molecule has 4 nitrogen and oxygen atoms in total. The third-order valence-corrected chi connectivity index (χ3v) is 4.79. The summed E-state index contributed by atoms with van der Waals surface area (Å²) in [6.45, 7) is 0. The van der Waals surface area contributed by atoms with Crippen LogP contribution >= 0.6 is 23.2 Å². The normalized spacial score (nSPS) is 10.9. The first kappa shape index (κ1) is 19.3. The zero-order chi connectivity index (χ0) is 20.4. The fourth-order valence-electron chi connectivity index (χ4n) is 3.11. The van der Waals surface area contributed by atoms with E-state index in [1.165, 1.54) is 12.1 Å². The van der Waals surface area contributed by atoms with Gasteiger partial charge in [-0.2, -0.15) is 0 Å². The largest absolute Gasteiger partial charge is 0.310 e. The van der Waals surface area contributed by atoms with Crippen LogP contribution in [0, 0.1) is 5.82 Å². The lowest BCUT2D eigenvalue weighted by Crippen LogP contribution is -2.16. The van der Waals surface area contributed by atoms with E-state index >= 15 is 0 Å². The van der Waals surface area contributed by atoms with E-state index in [2.05, 4.69) is 9.97 Å². The van der Waals surface area contributed by atoms with E-state index in [0.717, 1.165) is 11.1 Å². The summed E-state index contributed by atoms with van der Waals surface area (Å²) in [5, 5.41) is 1.01. The number of H-pyrrole nitrogens is 1. The zero-order valence-corrected chi connectivity index (χ0v) is 16.5. The molecule has 1 N–H and O–H groups in total. The summed E-state index contributed by atoms with van der Waals surface area (Å²) in [5.74, 6) is 0.0871. The number of nitrogens with one attached hydrogen (secondary N) is 1. The molecule has 0 amide bonds. The van der Waals surface area contributed by atoms with Gasteiger partial charge in [0.2, 0.25) is 0 Å². The van der Waals surface area contributed by atoms with Crippen molar-refractivity contribution in [3.05, 3.63) is 105 Å². The molecule has 0 unspecified atom stereocenters. The predicted octanol–water partition coefficient (Wildman–Crippen LogP) is 5.54. The molecule has 0 aliphatic rings. The lowest BCUT2D eigenvalue weighted by molar-refractivity contribution is 0.628. The van der Waals surface area contributed by atoms with Crippen LogP contribution < -0.4 is 5.56 Å². The fourth-order valence-corrected chi connectivity index (χ4v) is 3.68. The molecule has 0 spiro atoms. The van der Waals surface area contributed by atoms with Crippen molar-refractivity contribution in [2.24, 2.45) is 0 Å². The number of benzene rings is 2. The summed E-state index contributed by atoms with van der Waals surface area (Å²) in [5.41, 5.74) is 2.66. The first-order chi connectivity index (χ1) is 14.0. The van der Waals surface area contributed by atoms with Crippen LogP contribution in [0.25, 0.3) is 22.4 Å². The molecule has 7 heteroatoms. The Morgan fingerprint density at radius 3 is 2.21 bits per heavy atom. The molecule has 0 atom stereocenters. The van der Waals surface area contributed by atoms with Gasteiger partial charge in [-0.3, -0.25) is 9.78 Å². The molecule has 4 rings (SSSR count). The summed E-state index contributed by atoms with van der Waals surface area (Å²) in [6, 6.07) is 14.5. The molecule has 0 saturated carbocycles. The maximum absolute atomic E-state index is 13.4. The smallest absolute Gasteiger partial charge is 0.259 e. The topological polar surface area (TPSA) is 58.6 Å². The van der Waals surface area contributed by atoms with Gasteiger partial charge in [-0.15, -0.1) is 0 Å². The van der Waals surface area contributed by atoms with Gasteiger partial charge in [0.15, 0.2) is 0 Å². The molecule has 2 aromatic heterocycles. The Bertz CT molecular complexity index is 1210. The Kier molecular flexibility index (Phi) is 5.43. The van der Waals surface area contributed by atoms with Gasteiger partial charge >= 0.3 is 0 Å². The quantitative estimate of drug-likeness (QED) is 0.467. The second-order valence-corrected chi connectivity index (χ2v) is 7.31. The highest BCUT2D eigenvalue weighted by Gasteiger charge is 2.16. The highest BCUT2D eigenvalue weighted by Crippen LogP contribution is 2.28. The molecule has 2 aromatic carbocycles. The molecule has 0 radical (unpaired) electrons. The number of aromatic nitrogens is 3. The van der Waals surface area contributed by atoms with Gasteiger partial charge in [0, 0.05) is 34.4 Å². The Balaban J connectivity index is 1.87. The molecular formula is C22H14Cl2FN3O. The minimum Gasteiger partial charge on any atom is -0.310 e. The molecule has 0 bridgehead atoms. The van der Waals surface area contributed by atoms with Crippen LogP contribution in [0.4, 0.5) is 4.39 Å². The van der Waals surface area contributed by atoms with Crippen molar-refractivity contribution in [3.63, 3.8) is 0 Å². The van der Waals surface area contributed by atoms with E-state index in [0.29, 0.717) is 39.1 Å². The third kappa shape index (κ3) is 4.36. The summed E-state index contributed by atoms with van der Waals surface area (Å²) in [6.07, 6.45) is 3.60. The zero-order valence-electron chi connectivity index (χ0n) is 15.0. The average Bonchev–Trinajstić information content (AvgIpc) is 2.68. The molecule has 144 valence electrons. The highest BCUT2D eigenvalue weighted by molar-refractivity contribution is 6.34. The number of halogens is 3. The molecule has 2 heterocycles. The maximum atomic E-state index is 13.4. The van der Waals surface area contributed by atoms with Gasteiger partial charge in [0.25, 0.3) is 5.56 Å². The minimum atomic E-state index is -0.377. The second kappa shape index (κ2) is 8.15. The van der Waals surface area contributed by atoms with E-state index in [1.807, 2.05) is 0 Å². The number of pyridine rings is 1. The van der Waals surface area contributed by atoms with Gasteiger partial charge in [-0.05, 0) is 53.6 Å². The summed E-state index contributed by atoms with van der Waals surface area (Å²) < 4.78 is 13.4. The Hall–Kier alpha value is -3.02. The molecule has 29 heavy (non-hydrogen) atoms. The van der Waals surface area contributed by atoms with Crippen molar-refractivity contribution in [1.29, 1.82) is 0 Å². The highest BCUT2D eigenvalue weighted by atomic mass is 35.5. The number of hydrogen-bond acceptors (Lipinski definition) is 3. The minimum absolute atomic E-state index is 0.318. The number of nitrogens with zero attached hydrogens (tertiary/aromatic N) is 2. The molecule has 0 fully saturated rings. The average molecular weight is 426 g/mol. The van der Waals surface area contributed by atoms with Crippen LogP contribution in [0.15, 0.2) is 71.8 Å². The van der Waals surface area contributed by atoms with Crippen LogP contribution in [0.2, 0.25) is 10.0 Å². The number of aromatic amines is 1. The SMILES string of the molecule is O=c1[nH]c(Cc2cc(Cl)cc(Cl)c2)nc(-c2ccncc2)c1-c1ccc(F)cc1. The van der Waals surface area contributed by atoms with Crippen molar-refractivity contribution < 1.29 is 4.39 Å². The van der Waals surface area contributed by atoms with Crippen LogP contribution in [0.1, 0.15) is 11.4 Å². The van der Waals surface area contributed by atoms with Crippen molar-refractivity contribution in [2.75, 3.05) is 0 Å². The van der Waals surface area contributed by atoms with E-state index in [1.54, 1.807) is 54.9 Å². The molecule has 0 aliphatic heterocycles. The molecule has 0 saturated heterocycles. The Morgan fingerprint density at radius 1 is 0.897 bits per heavy atom. The van der Waals surface area contributed by atoms with Gasteiger partial charge < -0.3 is 4.98 Å². The number of rotatable bonds is 4. The predicted molar refractivity (Wildman–Crippen MR) is 113 cm³/mol. The lowest BCUT2D eigenvalue weighted by atomic mass is 10.0. The van der Waals surface area contributed by atoms with Crippen molar-refractivity contribution >= 4 is 23.2 Å². The van der Waals surface area contributed by atoms with E-state index in [-0.39, 0.29) is 11.4 Å². The van der Waals surface area contributed by atoms with E-state index < -0.39 is 0 Å². The van der Waals surface area contributed by atoms with Crippen LogP contribution in [-0.4, -0.2) is 15.0 Å². The van der Waals surface area contributed by atoms with Crippen molar-refractivity contribution in [2.45, 2.75) is 6.42 Å². The van der Waals surface area contributed by atoms with Crippen molar-refractivity contribution in [1.82, 2.24) is 15.0 Å². The second-order valence-electron chi connectivity index (χ2n) is 6.43. The Labute approximate surface area is 176 Å². The molecular weight excluding hydrogens is 412 g/mol. The van der Waals surface area contributed by atoms with Gasteiger partial charge in [0.05, 0.1) is 11.3 Å². The standard InChI is InChI=1S/C22H14Cl2FN3O/c23-16-9-13(10-17(24)12-16)11-19-27-21(15-5-7-26-8-6-15)20(22(29)28-19)14-1-3-18(25)4-2-14/h1-10,12H,11H2,(H,27,28,29). The summed E-state index contributed by atoms with van der Waals surface area (Å²) in [4.78, 5) is 24.5. The van der Waals surface area contributed by atoms with Gasteiger partial charge in [-0.1, -0.05) is 35.3 Å². The summed E-state index contributed by atoms with van der Waals surface area (Å²) >= 11 is 12.2. The van der Waals surface area contributed by atoms with Crippen LogP contribution in [0.3, 0.4) is 0 Å². The molecule has 0 aliphatic carbocycles. The monoisotopic (exact) mass is 425 g/mol. The number of hydrogen-bond donors (Lipinski definition) is 1. The fraction of sp³-hybridized carbons (Fsp3) is 0.0455. The van der Waals surface area contributed by atoms with E-state index in [9.17, 15) is 9.18 Å². The van der Waals surface area contributed by atoms with Crippen LogP contribution in [-0.2, 0) is 6.42 Å². The third-order valence-electron chi connectivity index (χ3n) is 4.35. The summed E-state index contributed by atoms with van der Waals surface area (Å²) in [7, 11) is 0. The van der Waals surface area contributed by atoms with Gasteiger partial charge in [0.1, 0.15) is 11.6 Å². The van der Waals surface area contributed by atoms with Crippen LogP contribution in [0.5, 0.6) is 0 Å². The molecule has 4 aromatic rings.